The summed E-state index contributed by atoms with van der Waals surface area (Å²) in [4.78, 5) is 18.6. The molecule has 0 spiro atoms. The molecule has 2 aliphatic heterocycles. The summed E-state index contributed by atoms with van der Waals surface area (Å²) in [6, 6.07) is 2.91. The van der Waals surface area contributed by atoms with Gasteiger partial charge in [0.1, 0.15) is 28.6 Å². The van der Waals surface area contributed by atoms with Crippen LogP contribution in [0.3, 0.4) is 0 Å². The number of hydrogen-bond donors (Lipinski definition) is 1. The molecule has 2 aromatic rings. The van der Waals surface area contributed by atoms with Crippen LogP contribution in [0.5, 0.6) is 0 Å². The Hall–Kier alpha value is -2.28. The van der Waals surface area contributed by atoms with Crippen molar-refractivity contribution in [1.82, 2.24) is 14.5 Å². The smallest absolute Gasteiger partial charge is 0.260 e. The van der Waals surface area contributed by atoms with Gasteiger partial charge < -0.3 is 14.6 Å². The summed E-state index contributed by atoms with van der Waals surface area (Å²) in [7, 11) is 1.81. The van der Waals surface area contributed by atoms with Gasteiger partial charge in [-0.3, -0.25) is 4.79 Å². The lowest BCUT2D eigenvalue weighted by Gasteiger charge is -2.43. The van der Waals surface area contributed by atoms with Gasteiger partial charge in [-0.1, -0.05) is 6.07 Å². The first-order chi connectivity index (χ1) is 11.9. The fourth-order valence-corrected chi connectivity index (χ4v) is 4.38. The van der Waals surface area contributed by atoms with Gasteiger partial charge in [0.15, 0.2) is 0 Å². The van der Waals surface area contributed by atoms with Gasteiger partial charge in [-0.25, -0.2) is 13.8 Å². The summed E-state index contributed by atoms with van der Waals surface area (Å²) in [6.45, 7) is 0. The summed E-state index contributed by atoms with van der Waals surface area (Å²) in [5.41, 5.74) is -1.64. The fraction of sp³-hybridized carbons (Fsp3) is 0.444. The van der Waals surface area contributed by atoms with Crippen molar-refractivity contribution in [1.29, 1.82) is 0 Å². The second kappa shape index (κ2) is 5.62. The fourth-order valence-electron chi connectivity index (χ4n) is 4.38. The first-order valence-corrected chi connectivity index (χ1v) is 8.37. The Morgan fingerprint density at radius 2 is 1.84 bits per heavy atom. The monoisotopic (exact) mass is 347 g/mol. The van der Waals surface area contributed by atoms with Crippen LogP contribution < -0.4 is 0 Å². The normalized spacial score (nSPS) is 28.4. The highest BCUT2D eigenvalue weighted by molar-refractivity contribution is 5.95. The minimum atomic E-state index is -1.13. The Morgan fingerprint density at radius 3 is 2.36 bits per heavy atom. The summed E-state index contributed by atoms with van der Waals surface area (Å²) < 4.78 is 29.8. The molecular weight excluding hydrogens is 328 g/mol. The molecule has 5 nitrogen and oxygen atoms in total. The number of nitrogens with zero attached hydrogens (tertiary/aromatic N) is 3. The number of benzene rings is 1. The molecule has 7 heteroatoms. The molecule has 132 valence electrons. The van der Waals surface area contributed by atoms with Crippen molar-refractivity contribution in [3.63, 3.8) is 0 Å². The molecule has 3 heterocycles. The maximum absolute atomic E-state index is 14.0. The maximum Gasteiger partial charge on any atom is 0.260 e. The highest BCUT2D eigenvalue weighted by atomic mass is 19.1. The standard InChI is InChI=1S/C18H19F2N3O2/c1-22-8-7-21-17(22)18(25)9-11-5-6-12(10-18)23(11)16(24)15-13(19)3-2-4-14(15)20/h2-4,7-8,11-12,25H,5-6,9-10H2,1H3/t11-,12-/m0/s1. The topological polar surface area (TPSA) is 58.4 Å². The summed E-state index contributed by atoms with van der Waals surface area (Å²) in [5.74, 6) is -1.78. The Kier molecular flexibility index (Phi) is 3.64. The number of hydrogen-bond acceptors (Lipinski definition) is 3. The predicted octanol–water partition coefficient (Wildman–Crippen LogP) is 2.35. The van der Waals surface area contributed by atoms with E-state index in [0.717, 1.165) is 12.1 Å². The van der Waals surface area contributed by atoms with E-state index in [2.05, 4.69) is 4.98 Å². The van der Waals surface area contributed by atoms with Crippen molar-refractivity contribution in [3.05, 3.63) is 53.6 Å². The van der Waals surface area contributed by atoms with E-state index in [4.69, 9.17) is 0 Å². The van der Waals surface area contributed by atoms with Crippen LogP contribution in [-0.2, 0) is 12.6 Å². The molecule has 2 aliphatic rings. The highest BCUT2D eigenvalue weighted by Crippen LogP contribution is 2.45. The third kappa shape index (κ3) is 2.45. The first-order valence-electron chi connectivity index (χ1n) is 8.37. The second-order valence-electron chi connectivity index (χ2n) is 7.00. The Bertz CT molecular complexity index is 801. The number of carbonyl (C=O) groups excluding carboxylic acids is 1. The lowest BCUT2D eigenvalue weighted by Crippen LogP contribution is -2.53. The molecular formula is C18H19F2N3O2. The predicted molar refractivity (Wildman–Crippen MR) is 85.7 cm³/mol. The zero-order valence-corrected chi connectivity index (χ0v) is 13.8. The lowest BCUT2D eigenvalue weighted by molar-refractivity contribution is -0.0556. The van der Waals surface area contributed by atoms with Crippen molar-refractivity contribution < 1.29 is 18.7 Å². The van der Waals surface area contributed by atoms with Gasteiger partial charge in [-0.05, 0) is 25.0 Å². The van der Waals surface area contributed by atoms with Gasteiger partial charge >= 0.3 is 0 Å². The number of aryl methyl sites for hydroxylation is 1. The number of piperidine rings is 1. The zero-order chi connectivity index (χ0) is 17.8. The number of aromatic nitrogens is 2. The van der Waals surface area contributed by atoms with Gasteiger partial charge in [0.05, 0.1) is 0 Å². The molecule has 2 atom stereocenters. The van der Waals surface area contributed by atoms with Gasteiger partial charge in [0.2, 0.25) is 0 Å². The summed E-state index contributed by atoms with van der Waals surface area (Å²) in [5, 5.41) is 11.1. The van der Waals surface area contributed by atoms with E-state index in [1.807, 2.05) is 7.05 Å². The number of aliphatic hydroxyl groups is 1. The van der Waals surface area contributed by atoms with Crippen LogP contribution in [0.15, 0.2) is 30.6 Å². The molecule has 0 unspecified atom stereocenters. The van der Waals surface area contributed by atoms with E-state index >= 15 is 0 Å². The number of carbonyl (C=O) groups is 1. The Morgan fingerprint density at radius 1 is 1.24 bits per heavy atom. The number of halogens is 2. The van der Waals surface area contributed by atoms with E-state index in [0.29, 0.717) is 31.5 Å². The third-order valence-electron chi connectivity index (χ3n) is 5.42. The number of amides is 1. The summed E-state index contributed by atoms with van der Waals surface area (Å²) >= 11 is 0. The molecule has 0 aliphatic carbocycles. The van der Waals surface area contributed by atoms with E-state index in [1.165, 1.54) is 6.07 Å². The largest absolute Gasteiger partial charge is 0.382 e. The average Bonchev–Trinajstić information content (AvgIpc) is 3.10. The average molecular weight is 347 g/mol. The van der Waals surface area contributed by atoms with Crippen LogP contribution in [0.25, 0.3) is 0 Å². The number of imidazole rings is 1. The molecule has 2 saturated heterocycles. The Labute approximate surface area is 143 Å². The van der Waals surface area contributed by atoms with Crippen LogP contribution in [-0.4, -0.2) is 37.5 Å². The molecule has 0 saturated carbocycles. The van der Waals surface area contributed by atoms with Gasteiger partial charge in [0.25, 0.3) is 5.91 Å². The Balaban J connectivity index is 1.65. The molecule has 1 N–H and O–H groups in total. The first kappa shape index (κ1) is 16.2. The van der Waals surface area contributed by atoms with Gasteiger partial charge in [-0.15, -0.1) is 0 Å². The lowest BCUT2D eigenvalue weighted by atomic mass is 9.84. The molecule has 1 aromatic heterocycles. The quantitative estimate of drug-likeness (QED) is 0.907. The van der Waals surface area contributed by atoms with Crippen LogP contribution in [0.2, 0.25) is 0 Å². The molecule has 4 rings (SSSR count). The molecule has 25 heavy (non-hydrogen) atoms. The van der Waals surface area contributed by atoms with Crippen molar-refractivity contribution in [2.75, 3.05) is 0 Å². The third-order valence-corrected chi connectivity index (χ3v) is 5.42. The van der Waals surface area contributed by atoms with E-state index in [-0.39, 0.29) is 12.1 Å². The van der Waals surface area contributed by atoms with Crippen molar-refractivity contribution in [3.8, 4) is 0 Å². The summed E-state index contributed by atoms with van der Waals surface area (Å²) in [6.07, 6.45) is 5.44. The van der Waals surface area contributed by atoms with Crippen molar-refractivity contribution >= 4 is 5.91 Å². The molecule has 2 fully saturated rings. The van der Waals surface area contributed by atoms with Crippen molar-refractivity contribution in [2.45, 2.75) is 43.4 Å². The van der Waals surface area contributed by atoms with Gasteiger partial charge in [-0.2, -0.15) is 0 Å². The number of rotatable bonds is 2. The van der Waals surface area contributed by atoms with Gasteiger partial charge in [0, 0.05) is 44.4 Å². The van der Waals surface area contributed by atoms with E-state index < -0.39 is 28.7 Å². The molecule has 0 radical (unpaired) electrons. The van der Waals surface area contributed by atoms with E-state index in [1.54, 1.807) is 21.9 Å². The molecule has 1 amide bonds. The minimum Gasteiger partial charge on any atom is -0.382 e. The zero-order valence-electron chi connectivity index (χ0n) is 13.8. The number of fused-ring (bicyclic) bond motifs is 2. The van der Waals surface area contributed by atoms with E-state index in [9.17, 15) is 18.7 Å². The second-order valence-corrected chi connectivity index (χ2v) is 7.00. The minimum absolute atomic E-state index is 0.257. The highest BCUT2D eigenvalue weighted by Gasteiger charge is 2.52. The SMILES string of the molecule is Cn1ccnc1C1(O)C[C@@H]2CC[C@@H](C1)N2C(=O)c1c(F)cccc1F. The van der Waals surface area contributed by atoms with Crippen LogP contribution in [0, 0.1) is 11.6 Å². The van der Waals surface area contributed by atoms with Crippen molar-refractivity contribution in [2.24, 2.45) is 7.05 Å². The maximum atomic E-state index is 14.0. The van der Waals surface area contributed by atoms with Crippen LogP contribution in [0.1, 0.15) is 41.9 Å². The van der Waals surface area contributed by atoms with Crippen LogP contribution in [0.4, 0.5) is 8.78 Å². The van der Waals surface area contributed by atoms with Crippen LogP contribution >= 0.6 is 0 Å². The molecule has 1 aromatic carbocycles. The molecule has 2 bridgehead atoms.